The van der Waals surface area contributed by atoms with Crippen LogP contribution >= 0.6 is 0 Å². The van der Waals surface area contributed by atoms with Crippen LogP contribution in [0.1, 0.15) is 11.3 Å². The number of nitrogens with zero attached hydrogens (tertiary/aromatic N) is 4. The van der Waals surface area contributed by atoms with Crippen LogP contribution in [-0.4, -0.2) is 15.1 Å². The molecule has 6 heteroatoms. The second-order valence-corrected chi connectivity index (χ2v) is 4.43. The van der Waals surface area contributed by atoms with Gasteiger partial charge in [-0.25, -0.2) is 9.37 Å². The first-order valence-electron chi connectivity index (χ1n) is 6.14. The van der Waals surface area contributed by atoms with Crippen molar-refractivity contribution < 1.29 is 8.91 Å². The number of aromatic nitrogens is 3. The van der Waals surface area contributed by atoms with Crippen molar-refractivity contribution in [3.63, 3.8) is 0 Å². The largest absolute Gasteiger partial charge is 0.334 e. The number of benzene rings is 1. The third kappa shape index (κ3) is 2.49. The van der Waals surface area contributed by atoms with Gasteiger partial charge < -0.3 is 4.52 Å². The molecule has 3 aromatic rings. The van der Waals surface area contributed by atoms with Crippen LogP contribution in [0.4, 0.5) is 4.39 Å². The van der Waals surface area contributed by atoms with Crippen molar-refractivity contribution in [2.45, 2.75) is 6.92 Å². The Bertz CT molecular complexity index is 851. The third-order valence-corrected chi connectivity index (χ3v) is 2.98. The standard InChI is InChI=1S/C15H9FN4O/c1-9-2-3-10(7-13(9)16)14-19-15(21-20-14)11-4-5-18-12(6-11)8-17/h2-7H,1H3. The summed E-state index contributed by atoms with van der Waals surface area (Å²) >= 11 is 0. The van der Waals surface area contributed by atoms with Gasteiger partial charge in [-0.1, -0.05) is 17.3 Å². The lowest BCUT2D eigenvalue weighted by Gasteiger charge is -1.97. The first-order valence-corrected chi connectivity index (χ1v) is 6.14. The highest BCUT2D eigenvalue weighted by Gasteiger charge is 2.12. The predicted molar refractivity (Wildman–Crippen MR) is 72.4 cm³/mol. The van der Waals surface area contributed by atoms with Crippen LogP contribution in [-0.2, 0) is 0 Å². The Morgan fingerprint density at radius 1 is 1.19 bits per heavy atom. The van der Waals surface area contributed by atoms with Gasteiger partial charge in [0.15, 0.2) is 0 Å². The van der Waals surface area contributed by atoms with Gasteiger partial charge in [0.25, 0.3) is 5.89 Å². The highest BCUT2D eigenvalue weighted by molar-refractivity contribution is 5.60. The van der Waals surface area contributed by atoms with Crippen molar-refractivity contribution in [3.8, 4) is 28.9 Å². The van der Waals surface area contributed by atoms with E-state index in [1.807, 2.05) is 6.07 Å². The minimum atomic E-state index is -0.325. The summed E-state index contributed by atoms with van der Waals surface area (Å²) in [5.41, 5.74) is 1.93. The fourth-order valence-corrected chi connectivity index (χ4v) is 1.81. The van der Waals surface area contributed by atoms with E-state index in [9.17, 15) is 4.39 Å². The van der Waals surface area contributed by atoms with Crippen molar-refractivity contribution in [3.05, 3.63) is 53.6 Å². The number of aryl methyl sites for hydroxylation is 1. The lowest BCUT2D eigenvalue weighted by Crippen LogP contribution is -1.87. The van der Waals surface area contributed by atoms with Crippen molar-refractivity contribution in [2.24, 2.45) is 0 Å². The molecule has 5 nitrogen and oxygen atoms in total. The fourth-order valence-electron chi connectivity index (χ4n) is 1.81. The van der Waals surface area contributed by atoms with Gasteiger partial charge in [-0.2, -0.15) is 10.2 Å². The average molecular weight is 280 g/mol. The van der Waals surface area contributed by atoms with Crippen LogP contribution in [0.5, 0.6) is 0 Å². The minimum Gasteiger partial charge on any atom is -0.334 e. The molecule has 2 heterocycles. The molecule has 0 fully saturated rings. The monoisotopic (exact) mass is 280 g/mol. The molecule has 0 N–H and O–H groups in total. The summed E-state index contributed by atoms with van der Waals surface area (Å²) in [6, 6.07) is 9.88. The molecule has 21 heavy (non-hydrogen) atoms. The van der Waals surface area contributed by atoms with E-state index in [0.717, 1.165) is 0 Å². The summed E-state index contributed by atoms with van der Waals surface area (Å²) < 4.78 is 18.7. The fraction of sp³-hybridized carbons (Fsp3) is 0.0667. The van der Waals surface area contributed by atoms with E-state index in [1.54, 1.807) is 31.2 Å². The summed E-state index contributed by atoms with van der Waals surface area (Å²) in [5.74, 6) is 0.221. The van der Waals surface area contributed by atoms with Gasteiger partial charge >= 0.3 is 0 Å². The van der Waals surface area contributed by atoms with Crippen molar-refractivity contribution >= 4 is 0 Å². The second kappa shape index (κ2) is 5.13. The number of pyridine rings is 1. The van der Waals surface area contributed by atoms with Crippen LogP contribution in [0.3, 0.4) is 0 Å². The van der Waals surface area contributed by atoms with Crippen LogP contribution in [0.25, 0.3) is 22.8 Å². The molecule has 102 valence electrons. The Morgan fingerprint density at radius 2 is 2.05 bits per heavy atom. The van der Waals surface area contributed by atoms with E-state index < -0.39 is 0 Å². The Morgan fingerprint density at radius 3 is 2.81 bits per heavy atom. The van der Waals surface area contributed by atoms with Gasteiger partial charge in [-0.05, 0) is 30.7 Å². The lowest BCUT2D eigenvalue weighted by atomic mass is 10.1. The molecule has 0 amide bonds. The molecule has 0 spiro atoms. The average Bonchev–Trinajstić information content (AvgIpc) is 3.00. The first-order chi connectivity index (χ1) is 10.2. The number of halogens is 1. The quantitative estimate of drug-likeness (QED) is 0.720. The van der Waals surface area contributed by atoms with Gasteiger partial charge in [0.1, 0.15) is 17.6 Å². The second-order valence-electron chi connectivity index (χ2n) is 4.43. The molecule has 1 aromatic carbocycles. The minimum absolute atomic E-state index is 0.255. The molecule has 0 unspecified atom stereocenters. The maximum absolute atomic E-state index is 13.6. The summed E-state index contributed by atoms with van der Waals surface area (Å²) in [7, 11) is 0. The summed E-state index contributed by atoms with van der Waals surface area (Å²) in [5, 5.41) is 12.7. The number of nitriles is 1. The molecule has 0 saturated heterocycles. The van der Waals surface area contributed by atoms with Crippen molar-refractivity contribution in [2.75, 3.05) is 0 Å². The molecule has 2 aromatic heterocycles. The first kappa shape index (κ1) is 12.9. The normalized spacial score (nSPS) is 10.3. The SMILES string of the molecule is Cc1ccc(-c2noc(-c3ccnc(C#N)c3)n2)cc1F. The van der Waals surface area contributed by atoms with E-state index in [-0.39, 0.29) is 17.4 Å². The molecule has 0 saturated carbocycles. The van der Waals surface area contributed by atoms with Crippen molar-refractivity contribution in [1.82, 2.24) is 15.1 Å². The van der Waals surface area contributed by atoms with E-state index in [0.29, 0.717) is 22.5 Å². The Balaban J connectivity index is 1.99. The van der Waals surface area contributed by atoms with Gasteiger partial charge in [-0.15, -0.1) is 0 Å². The van der Waals surface area contributed by atoms with Gasteiger partial charge in [0.05, 0.1) is 0 Å². The molecule has 0 bridgehead atoms. The Kier molecular flexibility index (Phi) is 3.16. The number of hydrogen-bond donors (Lipinski definition) is 0. The highest BCUT2D eigenvalue weighted by Crippen LogP contribution is 2.23. The molecular formula is C15H9FN4O. The Labute approximate surface area is 119 Å². The molecule has 0 aliphatic heterocycles. The van der Waals surface area contributed by atoms with Gasteiger partial charge in [0.2, 0.25) is 5.82 Å². The zero-order valence-corrected chi connectivity index (χ0v) is 11.0. The zero-order chi connectivity index (χ0) is 14.8. The van der Waals surface area contributed by atoms with E-state index in [1.165, 1.54) is 12.3 Å². The molecule has 0 atom stereocenters. The maximum Gasteiger partial charge on any atom is 0.258 e. The van der Waals surface area contributed by atoms with E-state index in [4.69, 9.17) is 9.78 Å². The molecule has 0 aliphatic carbocycles. The summed E-state index contributed by atoms with van der Waals surface area (Å²) in [6.45, 7) is 1.68. The summed E-state index contributed by atoms with van der Waals surface area (Å²) in [4.78, 5) is 8.08. The third-order valence-electron chi connectivity index (χ3n) is 2.98. The number of hydrogen-bond acceptors (Lipinski definition) is 5. The van der Waals surface area contributed by atoms with Crippen LogP contribution in [0.15, 0.2) is 41.1 Å². The van der Waals surface area contributed by atoms with Gasteiger partial charge in [-0.3, -0.25) is 0 Å². The van der Waals surface area contributed by atoms with Crippen molar-refractivity contribution in [1.29, 1.82) is 5.26 Å². The predicted octanol–water partition coefficient (Wildman–Crippen LogP) is 3.12. The van der Waals surface area contributed by atoms with Gasteiger partial charge in [0, 0.05) is 17.3 Å². The topological polar surface area (TPSA) is 75.6 Å². The smallest absolute Gasteiger partial charge is 0.258 e. The highest BCUT2D eigenvalue weighted by atomic mass is 19.1. The zero-order valence-electron chi connectivity index (χ0n) is 11.0. The van der Waals surface area contributed by atoms with Crippen LogP contribution in [0.2, 0.25) is 0 Å². The van der Waals surface area contributed by atoms with Crippen LogP contribution in [0, 0.1) is 24.1 Å². The molecule has 3 rings (SSSR count). The lowest BCUT2D eigenvalue weighted by molar-refractivity contribution is 0.432. The molecule has 0 aliphatic rings. The van der Waals surface area contributed by atoms with E-state index in [2.05, 4.69) is 15.1 Å². The molecular weight excluding hydrogens is 271 g/mol. The molecule has 0 radical (unpaired) electrons. The maximum atomic E-state index is 13.6. The van der Waals surface area contributed by atoms with Crippen LogP contribution < -0.4 is 0 Å². The summed E-state index contributed by atoms with van der Waals surface area (Å²) in [6.07, 6.45) is 1.49. The number of rotatable bonds is 2. The van der Waals surface area contributed by atoms with E-state index >= 15 is 0 Å². The Hall–Kier alpha value is -3.07.